The Labute approximate surface area is 124 Å². The van der Waals surface area contributed by atoms with E-state index in [9.17, 15) is 13.6 Å². The first kappa shape index (κ1) is 15.2. The average molecular weight is 349 g/mol. The van der Waals surface area contributed by atoms with Gasteiger partial charge in [0.15, 0.2) is 0 Å². The zero-order valence-electron chi connectivity index (χ0n) is 10.7. The van der Waals surface area contributed by atoms with Crippen LogP contribution in [0.3, 0.4) is 0 Å². The molecule has 0 bridgehead atoms. The van der Waals surface area contributed by atoms with Crippen molar-refractivity contribution < 1.29 is 18.3 Å². The maximum atomic E-state index is 12.2. The van der Waals surface area contributed by atoms with Gasteiger partial charge < -0.3 is 10.5 Å². The number of nitrogens with two attached hydrogens (primary N) is 1. The minimum Gasteiger partial charge on any atom is -0.434 e. The van der Waals surface area contributed by atoms with E-state index in [2.05, 4.69) is 20.7 Å². The van der Waals surface area contributed by atoms with Crippen LogP contribution in [0.2, 0.25) is 0 Å². The van der Waals surface area contributed by atoms with Crippen LogP contribution in [0.15, 0.2) is 22.7 Å². The van der Waals surface area contributed by atoms with Gasteiger partial charge in [-0.25, -0.2) is 0 Å². The highest BCUT2D eigenvalue weighted by molar-refractivity contribution is 9.10. The van der Waals surface area contributed by atoms with Crippen LogP contribution in [0, 0.1) is 0 Å². The van der Waals surface area contributed by atoms with E-state index in [4.69, 9.17) is 5.73 Å². The van der Waals surface area contributed by atoms with Crippen molar-refractivity contribution in [3.05, 3.63) is 28.2 Å². The molecule has 2 rings (SSSR count). The number of carbonyl (C=O) groups is 1. The molecule has 4 nitrogen and oxygen atoms in total. The van der Waals surface area contributed by atoms with Crippen molar-refractivity contribution in [2.45, 2.75) is 32.0 Å². The predicted octanol–water partition coefficient (Wildman–Crippen LogP) is 2.50. The van der Waals surface area contributed by atoms with Gasteiger partial charge in [-0.2, -0.15) is 8.78 Å². The maximum Gasteiger partial charge on any atom is 0.387 e. The summed E-state index contributed by atoms with van der Waals surface area (Å²) in [6.45, 7) is -1.49. The molecule has 1 aliphatic heterocycles. The molecule has 1 amide bonds. The molecule has 110 valence electrons. The molecule has 0 radical (unpaired) electrons. The van der Waals surface area contributed by atoms with Gasteiger partial charge in [0.05, 0.1) is 10.5 Å². The summed E-state index contributed by atoms with van der Waals surface area (Å²) in [4.78, 5) is 13.3. The SMILES string of the molecule is NC(=O)[C@H]1CCCN1Cc1ccc(OC(F)F)c(Br)c1. The normalized spacial score (nSPS) is 19.5. The monoisotopic (exact) mass is 348 g/mol. The first-order chi connectivity index (χ1) is 9.47. The zero-order chi connectivity index (χ0) is 14.7. The number of halogens is 3. The van der Waals surface area contributed by atoms with Crippen molar-refractivity contribution in [1.82, 2.24) is 4.90 Å². The molecule has 7 heteroatoms. The van der Waals surface area contributed by atoms with Gasteiger partial charge in [-0.05, 0) is 53.0 Å². The molecule has 1 aromatic carbocycles. The number of likely N-dealkylation sites (tertiary alicyclic amines) is 1. The lowest BCUT2D eigenvalue weighted by Gasteiger charge is -2.22. The van der Waals surface area contributed by atoms with Crippen molar-refractivity contribution in [3.8, 4) is 5.75 Å². The third kappa shape index (κ3) is 3.67. The second-order valence-corrected chi connectivity index (χ2v) is 5.53. The van der Waals surface area contributed by atoms with Crippen molar-refractivity contribution in [2.75, 3.05) is 6.54 Å². The summed E-state index contributed by atoms with van der Waals surface area (Å²) in [7, 11) is 0. The molecular weight excluding hydrogens is 334 g/mol. The van der Waals surface area contributed by atoms with Gasteiger partial charge in [-0.1, -0.05) is 6.07 Å². The first-order valence-corrected chi connectivity index (χ1v) is 7.03. The van der Waals surface area contributed by atoms with Gasteiger partial charge in [0.1, 0.15) is 5.75 Å². The predicted molar refractivity (Wildman–Crippen MR) is 73.4 cm³/mol. The first-order valence-electron chi connectivity index (χ1n) is 6.24. The summed E-state index contributed by atoms with van der Waals surface area (Å²) in [5.74, 6) is -0.226. The topological polar surface area (TPSA) is 55.6 Å². The van der Waals surface area contributed by atoms with Crippen LogP contribution in [0.4, 0.5) is 8.78 Å². The molecule has 0 aliphatic carbocycles. The van der Waals surface area contributed by atoms with E-state index in [1.54, 1.807) is 12.1 Å². The van der Waals surface area contributed by atoms with Crippen LogP contribution in [0.1, 0.15) is 18.4 Å². The second-order valence-electron chi connectivity index (χ2n) is 4.67. The lowest BCUT2D eigenvalue weighted by atomic mass is 10.1. The van der Waals surface area contributed by atoms with E-state index in [0.29, 0.717) is 11.0 Å². The Hall–Kier alpha value is -1.21. The molecule has 0 aromatic heterocycles. The molecule has 1 aliphatic rings. The van der Waals surface area contributed by atoms with Gasteiger partial charge in [0, 0.05) is 6.54 Å². The molecule has 1 saturated heterocycles. The number of alkyl halides is 2. The van der Waals surface area contributed by atoms with E-state index < -0.39 is 6.61 Å². The fraction of sp³-hybridized carbons (Fsp3) is 0.462. The Bertz CT molecular complexity index is 499. The summed E-state index contributed by atoms with van der Waals surface area (Å²) in [5, 5.41) is 0. The number of benzene rings is 1. The Morgan fingerprint density at radius 1 is 1.55 bits per heavy atom. The lowest BCUT2D eigenvalue weighted by Crippen LogP contribution is -2.39. The van der Waals surface area contributed by atoms with E-state index in [-0.39, 0.29) is 17.7 Å². The number of amides is 1. The van der Waals surface area contributed by atoms with Gasteiger partial charge in [-0.3, -0.25) is 9.69 Å². The molecule has 1 fully saturated rings. The smallest absolute Gasteiger partial charge is 0.387 e. The number of carbonyl (C=O) groups excluding carboxylic acids is 1. The molecule has 1 atom stereocenters. The van der Waals surface area contributed by atoms with Gasteiger partial charge in [0.2, 0.25) is 5.91 Å². The van der Waals surface area contributed by atoms with Crippen molar-refractivity contribution in [3.63, 3.8) is 0 Å². The molecule has 0 spiro atoms. The lowest BCUT2D eigenvalue weighted by molar-refractivity contribution is -0.122. The van der Waals surface area contributed by atoms with Crippen molar-refractivity contribution >= 4 is 21.8 Å². The molecule has 2 N–H and O–H groups in total. The number of ether oxygens (including phenoxy) is 1. The Morgan fingerprint density at radius 2 is 2.30 bits per heavy atom. The van der Waals surface area contributed by atoms with Gasteiger partial charge >= 0.3 is 6.61 Å². The van der Waals surface area contributed by atoms with Gasteiger partial charge in [-0.15, -0.1) is 0 Å². The minimum absolute atomic E-state index is 0.0941. The highest BCUT2D eigenvalue weighted by atomic mass is 79.9. The second kappa shape index (κ2) is 6.49. The minimum atomic E-state index is -2.85. The van der Waals surface area contributed by atoms with E-state index in [1.807, 2.05) is 4.90 Å². The van der Waals surface area contributed by atoms with Crippen LogP contribution in [-0.2, 0) is 11.3 Å². The summed E-state index contributed by atoms with van der Waals surface area (Å²) < 4.78 is 29.2. The Morgan fingerprint density at radius 3 is 2.90 bits per heavy atom. The Kier molecular flexibility index (Phi) is 4.93. The highest BCUT2D eigenvalue weighted by Gasteiger charge is 2.28. The molecule has 0 saturated carbocycles. The third-order valence-electron chi connectivity index (χ3n) is 3.29. The van der Waals surface area contributed by atoms with Crippen LogP contribution in [0.5, 0.6) is 5.75 Å². The standard InChI is InChI=1S/C13H15BrF2N2O2/c14-9-6-8(3-4-11(9)20-13(15)16)7-18-5-1-2-10(18)12(17)19/h3-4,6,10,13H,1-2,5,7H2,(H2,17,19)/t10-/m1/s1. The van der Waals surface area contributed by atoms with E-state index in [1.165, 1.54) is 6.07 Å². The van der Waals surface area contributed by atoms with Crippen molar-refractivity contribution in [2.24, 2.45) is 5.73 Å². The zero-order valence-corrected chi connectivity index (χ0v) is 12.3. The molecule has 1 aromatic rings. The van der Waals surface area contributed by atoms with E-state index in [0.717, 1.165) is 24.9 Å². The number of hydrogen-bond donors (Lipinski definition) is 1. The average Bonchev–Trinajstić information content (AvgIpc) is 2.80. The summed E-state index contributed by atoms with van der Waals surface area (Å²) >= 11 is 3.20. The highest BCUT2D eigenvalue weighted by Crippen LogP contribution is 2.29. The maximum absolute atomic E-state index is 12.2. The fourth-order valence-corrected chi connectivity index (χ4v) is 2.93. The molecule has 20 heavy (non-hydrogen) atoms. The summed E-state index contributed by atoms with van der Waals surface area (Å²) in [5.41, 5.74) is 6.27. The number of rotatable bonds is 5. The quantitative estimate of drug-likeness (QED) is 0.889. The summed E-state index contributed by atoms with van der Waals surface area (Å²) in [6.07, 6.45) is 1.70. The van der Waals surface area contributed by atoms with Crippen LogP contribution in [-0.4, -0.2) is 30.0 Å². The summed E-state index contributed by atoms with van der Waals surface area (Å²) in [6, 6.07) is 4.67. The van der Waals surface area contributed by atoms with Crippen LogP contribution in [0.25, 0.3) is 0 Å². The van der Waals surface area contributed by atoms with E-state index >= 15 is 0 Å². The molecular formula is C13H15BrF2N2O2. The largest absolute Gasteiger partial charge is 0.434 e. The number of primary amides is 1. The number of nitrogens with zero attached hydrogens (tertiary/aromatic N) is 1. The Balaban J connectivity index is 2.06. The molecule has 0 unspecified atom stereocenters. The van der Waals surface area contributed by atoms with Crippen molar-refractivity contribution in [1.29, 1.82) is 0 Å². The number of hydrogen-bond acceptors (Lipinski definition) is 3. The van der Waals surface area contributed by atoms with Crippen LogP contribution >= 0.6 is 15.9 Å². The molecule has 1 heterocycles. The van der Waals surface area contributed by atoms with Crippen LogP contribution < -0.4 is 10.5 Å². The third-order valence-corrected chi connectivity index (χ3v) is 3.91. The van der Waals surface area contributed by atoms with Gasteiger partial charge in [0.25, 0.3) is 0 Å². The fourth-order valence-electron chi connectivity index (χ4n) is 2.41.